The average molecular weight is 1140 g/mol. The first-order valence-electron chi connectivity index (χ1n) is 27.4. The fourth-order valence-electron chi connectivity index (χ4n) is 9.32. The molecule has 22 heteroatoms. The maximum absolute atomic E-state index is 13.0. The molecule has 6 N–H and O–H groups in total. The zero-order chi connectivity index (χ0) is 57.5. The molecule has 0 bridgehead atoms. The molecule has 4 saturated heterocycles. The highest BCUT2D eigenvalue weighted by Crippen LogP contribution is 2.28. The zero-order valence-corrected chi connectivity index (χ0v) is 48.2. The third-order valence-corrected chi connectivity index (χ3v) is 13.3. The van der Waals surface area contributed by atoms with Crippen molar-refractivity contribution in [3.05, 3.63) is 122 Å². The van der Waals surface area contributed by atoms with Crippen LogP contribution in [0.4, 0.5) is 55.6 Å². The van der Waals surface area contributed by atoms with Crippen molar-refractivity contribution in [2.24, 2.45) is 0 Å². The Hall–Kier alpha value is -8.27. The number of carboxylic acid groups (broad SMARTS) is 1. The molecule has 436 valence electrons. The second-order valence-electron chi connectivity index (χ2n) is 21.8. The Kier molecular flexibility index (Phi) is 21.3. The van der Waals surface area contributed by atoms with Gasteiger partial charge >= 0.3 is 18.2 Å². The molecule has 0 radical (unpaired) electrons. The van der Waals surface area contributed by atoms with E-state index in [9.17, 15) is 19.2 Å². The lowest BCUT2D eigenvalue weighted by Crippen LogP contribution is -2.45. The fourth-order valence-corrected chi connectivity index (χ4v) is 9.32. The molecule has 21 nitrogen and oxygen atoms in total. The Morgan fingerprint density at radius 1 is 0.549 bits per heavy atom. The molecule has 0 saturated carbocycles. The van der Waals surface area contributed by atoms with Crippen LogP contribution in [0.2, 0.25) is 0 Å². The number of nitrogen functional groups attached to an aromatic ring is 1. The van der Waals surface area contributed by atoms with E-state index in [-0.39, 0.29) is 18.3 Å². The van der Waals surface area contributed by atoms with Crippen LogP contribution >= 0.6 is 12.4 Å². The highest BCUT2D eigenvalue weighted by molar-refractivity contribution is 5.97. The number of aliphatic carboxylic acids is 1. The molecule has 6 heterocycles. The minimum atomic E-state index is -0.960. The van der Waals surface area contributed by atoms with Crippen LogP contribution < -0.4 is 31.5 Å². The van der Waals surface area contributed by atoms with Crippen LogP contribution in [0.5, 0.6) is 0 Å². The Balaban J connectivity index is 0.000000197. The van der Waals surface area contributed by atoms with E-state index in [0.29, 0.717) is 43.5 Å². The van der Waals surface area contributed by atoms with Crippen LogP contribution in [-0.4, -0.2) is 148 Å². The normalized spacial score (nSPS) is 17.0. The second kappa shape index (κ2) is 28.4. The van der Waals surface area contributed by atoms with Gasteiger partial charge in [-0.15, -0.1) is 12.4 Å². The smallest absolute Gasteiger partial charge is 0.411 e. The molecule has 2 atom stereocenters. The van der Waals surface area contributed by atoms with Crippen LogP contribution in [-0.2, 0) is 28.5 Å². The maximum Gasteiger partial charge on any atom is 0.411 e. The number of nitrogens with zero attached hydrogens (tertiary/aromatic N) is 8. The SMILES string of the molecule is CC(C)(C)OC(=O)N1CCCC1C(=O)Nc1ccc(-c2ccnc(Nc3ccc(N4CCOCC4)cc3)n2)cc1.CC(C)(C)OC(=O)N1CCCC1C(=O)O.Cl.Nc1ccc(-c2ccnc(Nc3ccc(N4CCOCC4)cc3)n2)cc1. The van der Waals surface area contributed by atoms with Gasteiger partial charge in [-0.1, -0.05) is 24.3 Å². The minimum absolute atomic E-state index is 0. The lowest BCUT2D eigenvalue weighted by molar-refractivity contribution is -0.142. The van der Waals surface area contributed by atoms with Gasteiger partial charge < -0.3 is 55.5 Å². The van der Waals surface area contributed by atoms with Gasteiger partial charge in [0, 0.05) is 96.9 Å². The van der Waals surface area contributed by atoms with Gasteiger partial charge in [0.25, 0.3) is 0 Å². The maximum atomic E-state index is 13.0. The summed E-state index contributed by atoms with van der Waals surface area (Å²) < 4.78 is 21.4. The second-order valence-corrected chi connectivity index (χ2v) is 21.8. The number of carboxylic acids is 1. The van der Waals surface area contributed by atoms with Gasteiger partial charge in [-0.05, 0) is 152 Å². The Bertz CT molecular complexity index is 3040. The van der Waals surface area contributed by atoms with Crippen molar-refractivity contribution in [3.63, 3.8) is 0 Å². The monoisotopic (exact) mass is 1140 g/mol. The molecule has 0 aliphatic carbocycles. The van der Waals surface area contributed by atoms with E-state index in [2.05, 4.69) is 70.0 Å². The standard InChI is InChI=1S/C30H36N6O4.C20H21N5O.C10H17NO4.ClH/c1-30(2,3)40-29(38)36-16-4-5-26(36)27(37)32-22-8-6-21(7-9-22)25-14-15-31-28(34-25)33-23-10-12-24(13-11-23)35-17-19-39-20-18-35;21-16-3-1-15(2-4-16)19-9-10-22-20(24-19)23-17-5-7-18(8-6-17)25-11-13-26-14-12-25;1-10(2,3)15-9(14)11-6-4-5-7(11)8(12)13;/h6-15,26H,4-5,16-20H2,1-3H3,(H,32,37)(H,31,33,34);1-10H,11-14,21H2,(H,22,23,24);7H,4-6H2,1-3H3,(H,12,13);1H. The molecule has 6 aromatic rings. The van der Waals surface area contributed by atoms with E-state index < -0.39 is 41.4 Å². The van der Waals surface area contributed by atoms with Crippen LogP contribution in [0.1, 0.15) is 67.2 Å². The van der Waals surface area contributed by atoms with Crippen LogP contribution in [0, 0.1) is 0 Å². The molecule has 2 unspecified atom stereocenters. The Morgan fingerprint density at radius 2 is 0.939 bits per heavy atom. The van der Waals surface area contributed by atoms with E-state index in [1.807, 2.05) is 106 Å². The fraction of sp³-hybridized carbons (Fsp3) is 0.400. The topological polar surface area (TPSA) is 252 Å². The van der Waals surface area contributed by atoms with Crippen molar-refractivity contribution in [1.29, 1.82) is 0 Å². The number of nitrogens with one attached hydrogen (secondary N) is 3. The number of anilines is 8. The Labute approximate surface area is 485 Å². The van der Waals surface area contributed by atoms with Crippen molar-refractivity contribution in [2.75, 3.05) is 97.2 Å². The van der Waals surface area contributed by atoms with Crippen molar-refractivity contribution in [3.8, 4) is 22.5 Å². The molecule has 0 spiro atoms. The average Bonchev–Trinajstić information content (AvgIpc) is 4.29. The van der Waals surface area contributed by atoms with Crippen LogP contribution in [0.25, 0.3) is 22.5 Å². The third kappa shape index (κ3) is 17.9. The number of likely N-dealkylation sites (tertiary alicyclic amines) is 2. The highest BCUT2D eigenvalue weighted by atomic mass is 35.5. The van der Waals surface area contributed by atoms with Crippen LogP contribution in [0.15, 0.2) is 122 Å². The number of hydrogen-bond acceptors (Lipinski definition) is 17. The van der Waals surface area contributed by atoms with Crippen molar-refractivity contribution in [1.82, 2.24) is 29.7 Å². The first-order chi connectivity index (χ1) is 38.8. The van der Waals surface area contributed by atoms with E-state index >= 15 is 0 Å². The third-order valence-electron chi connectivity index (χ3n) is 13.3. The summed E-state index contributed by atoms with van der Waals surface area (Å²) in [7, 11) is 0. The lowest BCUT2D eigenvalue weighted by atomic mass is 10.1. The van der Waals surface area contributed by atoms with Crippen molar-refractivity contribution < 1.29 is 43.2 Å². The summed E-state index contributed by atoms with van der Waals surface area (Å²) in [6.07, 6.45) is 5.07. The quantitative estimate of drug-likeness (QED) is 0.0756. The number of benzene rings is 4. The van der Waals surface area contributed by atoms with Gasteiger partial charge in [0.15, 0.2) is 0 Å². The number of rotatable bonds is 11. The number of hydrogen-bond donors (Lipinski definition) is 5. The van der Waals surface area contributed by atoms with E-state index in [1.165, 1.54) is 21.2 Å². The summed E-state index contributed by atoms with van der Waals surface area (Å²) >= 11 is 0. The molecule has 82 heavy (non-hydrogen) atoms. The molecule has 4 aromatic carbocycles. The molecule has 3 amide bonds. The number of aromatic nitrogens is 4. The van der Waals surface area contributed by atoms with Crippen LogP contribution in [0.3, 0.4) is 0 Å². The molecule has 4 fully saturated rings. The number of amides is 3. The van der Waals surface area contributed by atoms with Crippen molar-refractivity contribution >= 4 is 82.5 Å². The number of carbonyl (C=O) groups excluding carboxylic acids is 3. The molecule has 10 rings (SSSR count). The number of morpholine rings is 2. The van der Waals surface area contributed by atoms with Gasteiger partial charge in [0.2, 0.25) is 17.8 Å². The minimum Gasteiger partial charge on any atom is -0.480 e. The molecular formula is C60H75ClN12O9. The van der Waals surface area contributed by atoms with Crippen molar-refractivity contribution in [2.45, 2.75) is 90.5 Å². The van der Waals surface area contributed by atoms with Gasteiger partial charge in [-0.25, -0.2) is 34.3 Å². The highest BCUT2D eigenvalue weighted by Gasteiger charge is 2.38. The largest absolute Gasteiger partial charge is 0.480 e. The molecular weight excluding hydrogens is 1070 g/mol. The molecule has 2 aromatic heterocycles. The first kappa shape index (κ1) is 61.4. The molecule has 4 aliphatic rings. The number of nitrogens with two attached hydrogens (primary N) is 1. The zero-order valence-electron chi connectivity index (χ0n) is 47.4. The predicted octanol–water partition coefficient (Wildman–Crippen LogP) is 10.3. The molecule has 4 aliphatic heterocycles. The van der Waals surface area contributed by atoms with Gasteiger partial charge in [-0.3, -0.25) is 14.6 Å². The summed E-state index contributed by atoms with van der Waals surface area (Å²) in [6, 6.07) is 34.1. The first-order valence-corrected chi connectivity index (χ1v) is 27.4. The number of halogens is 1. The number of carbonyl (C=O) groups is 4. The predicted molar refractivity (Wildman–Crippen MR) is 320 cm³/mol. The summed E-state index contributed by atoms with van der Waals surface area (Å²) in [5, 5.41) is 18.4. The van der Waals surface area contributed by atoms with E-state index in [4.69, 9.17) is 29.8 Å². The lowest BCUT2D eigenvalue weighted by Gasteiger charge is -2.28. The van der Waals surface area contributed by atoms with Gasteiger partial charge in [-0.2, -0.15) is 0 Å². The van der Waals surface area contributed by atoms with Gasteiger partial charge in [0.05, 0.1) is 37.8 Å². The summed E-state index contributed by atoms with van der Waals surface area (Å²) in [4.78, 5) is 73.4. The Morgan fingerprint density at radius 3 is 1.35 bits per heavy atom. The summed E-state index contributed by atoms with van der Waals surface area (Å²) in [5.41, 5.74) is 13.7. The summed E-state index contributed by atoms with van der Waals surface area (Å²) in [6.45, 7) is 18.4. The summed E-state index contributed by atoms with van der Waals surface area (Å²) in [5.74, 6) is -0.112. The van der Waals surface area contributed by atoms with Gasteiger partial charge in [0.1, 0.15) is 23.3 Å². The van der Waals surface area contributed by atoms with E-state index in [0.717, 1.165) is 105 Å². The van der Waals surface area contributed by atoms with E-state index in [1.54, 1.807) is 33.2 Å². The number of ether oxygens (including phenoxy) is 4.